The maximum Gasteiger partial charge on any atom is 0.349 e. The molecule has 5 nitrogen and oxygen atoms in total. The van der Waals surface area contributed by atoms with Crippen LogP contribution in [0.25, 0.3) is 0 Å². The molecule has 0 spiro atoms. The molecular weight excluding hydrogens is 324 g/mol. The molecule has 2 heterocycles. The second-order valence-electron chi connectivity index (χ2n) is 6.19. The molecule has 1 N–H and O–H groups in total. The van der Waals surface area contributed by atoms with Crippen molar-refractivity contribution in [3.05, 3.63) is 46.6 Å². The standard InChI is InChI=1S/C18H22N2O3S/c1-12(2)20-10-6-9-19-18(20)24-16-14(21)11-15(23-17(16)22)13-7-4-3-5-8-13/h3-5,7-8,12,15,21H,6,9-11H2,1-2H3. The fourth-order valence-corrected chi connectivity index (χ4v) is 3.92. The van der Waals surface area contributed by atoms with Gasteiger partial charge < -0.3 is 14.7 Å². The molecule has 2 aliphatic heterocycles. The summed E-state index contributed by atoms with van der Waals surface area (Å²) in [5.41, 5.74) is 0.889. The van der Waals surface area contributed by atoms with Gasteiger partial charge in [0, 0.05) is 25.6 Å². The second kappa shape index (κ2) is 7.30. The smallest absolute Gasteiger partial charge is 0.349 e. The van der Waals surface area contributed by atoms with Crippen molar-refractivity contribution in [2.45, 2.75) is 38.8 Å². The Balaban J connectivity index is 1.78. The third kappa shape index (κ3) is 3.59. The van der Waals surface area contributed by atoms with Gasteiger partial charge in [-0.3, -0.25) is 4.99 Å². The van der Waals surface area contributed by atoms with E-state index in [0.717, 1.165) is 30.2 Å². The minimum absolute atomic E-state index is 0.0853. The zero-order valence-electron chi connectivity index (χ0n) is 13.9. The second-order valence-corrected chi connectivity index (χ2v) is 7.17. The molecule has 1 aromatic carbocycles. The molecule has 3 rings (SSSR count). The first kappa shape index (κ1) is 16.9. The fourth-order valence-electron chi connectivity index (χ4n) is 2.83. The summed E-state index contributed by atoms with van der Waals surface area (Å²) in [5, 5.41) is 11.2. The summed E-state index contributed by atoms with van der Waals surface area (Å²) in [6.07, 6.45) is 0.874. The molecule has 0 amide bonds. The van der Waals surface area contributed by atoms with Crippen molar-refractivity contribution in [3.63, 3.8) is 0 Å². The molecule has 0 saturated heterocycles. The highest BCUT2D eigenvalue weighted by Crippen LogP contribution is 2.37. The molecular formula is C18H22N2O3S. The van der Waals surface area contributed by atoms with E-state index in [1.54, 1.807) is 0 Å². The molecule has 1 atom stereocenters. The third-order valence-electron chi connectivity index (χ3n) is 4.11. The highest BCUT2D eigenvalue weighted by Gasteiger charge is 2.33. The number of ether oxygens (including phenoxy) is 1. The molecule has 1 unspecified atom stereocenters. The molecule has 1 aromatic rings. The first-order chi connectivity index (χ1) is 11.6. The zero-order chi connectivity index (χ0) is 17.1. The number of aliphatic hydroxyl groups is 1. The van der Waals surface area contributed by atoms with Crippen molar-refractivity contribution in [1.82, 2.24) is 4.90 Å². The number of rotatable bonds is 3. The van der Waals surface area contributed by atoms with E-state index in [1.165, 1.54) is 11.8 Å². The van der Waals surface area contributed by atoms with Crippen LogP contribution in [0.1, 0.15) is 38.4 Å². The van der Waals surface area contributed by atoms with Crippen molar-refractivity contribution in [2.24, 2.45) is 4.99 Å². The summed E-state index contributed by atoms with van der Waals surface area (Å²) in [4.78, 5) is 19.3. The number of aliphatic imine (C=N–C) groups is 1. The predicted octanol–water partition coefficient (Wildman–Crippen LogP) is 3.65. The Morgan fingerprint density at radius 1 is 1.33 bits per heavy atom. The van der Waals surface area contributed by atoms with E-state index in [-0.39, 0.29) is 10.7 Å². The van der Waals surface area contributed by atoms with Crippen LogP contribution < -0.4 is 0 Å². The zero-order valence-corrected chi connectivity index (χ0v) is 14.8. The van der Waals surface area contributed by atoms with Gasteiger partial charge in [0.25, 0.3) is 0 Å². The molecule has 128 valence electrons. The average Bonchev–Trinajstić information content (AvgIpc) is 2.59. The van der Waals surface area contributed by atoms with E-state index >= 15 is 0 Å². The normalized spacial score (nSPS) is 21.8. The van der Waals surface area contributed by atoms with Gasteiger partial charge >= 0.3 is 5.97 Å². The lowest BCUT2D eigenvalue weighted by Crippen LogP contribution is -2.39. The number of hydrogen-bond acceptors (Lipinski definition) is 6. The minimum atomic E-state index is -0.477. The highest BCUT2D eigenvalue weighted by atomic mass is 32.2. The number of thioether (sulfide) groups is 1. The molecule has 2 aliphatic rings. The van der Waals surface area contributed by atoms with Gasteiger partial charge in [0.2, 0.25) is 0 Å². The molecule has 0 aliphatic carbocycles. The molecule has 0 radical (unpaired) electrons. The van der Waals surface area contributed by atoms with E-state index in [4.69, 9.17) is 4.74 Å². The van der Waals surface area contributed by atoms with Crippen LogP contribution >= 0.6 is 11.8 Å². The van der Waals surface area contributed by atoms with Crippen molar-refractivity contribution in [3.8, 4) is 0 Å². The van der Waals surface area contributed by atoms with Gasteiger partial charge in [-0.2, -0.15) is 0 Å². The number of carbonyl (C=O) groups is 1. The van der Waals surface area contributed by atoms with E-state index in [9.17, 15) is 9.90 Å². The fraction of sp³-hybridized carbons (Fsp3) is 0.444. The van der Waals surface area contributed by atoms with Gasteiger partial charge in [-0.05, 0) is 37.6 Å². The van der Waals surface area contributed by atoms with Crippen LogP contribution in [-0.2, 0) is 9.53 Å². The van der Waals surface area contributed by atoms with Crippen molar-refractivity contribution in [1.29, 1.82) is 0 Å². The molecule has 0 aromatic heterocycles. The van der Waals surface area contributed by atoms with E-state index in [0.29, 0.717) is 12.5 Å². The summed E-state index contributed by atoms with van der Waals surface area (Å²) in [6.45, 7) is 5.86. The highest BCUT2D eigenvalue weighted by molar-refractivity contribution is 8.17. The lowest BCUT2D eigenvalue weighted by Gasteiger charge is -2.33. The maximum absolute atomic E-state index is 12.4. The van der Waals surface area contributed by atoms with Gasteiger partial charge in [-0.15, -0.1) is 0 Å². The predicted molar refractivity (Wildman–Crippen MR) is 95.9 cm³/mol. The lowest BCUT2D eigenvalue weighted by molar-refractivity contribution is -0.146. The van der Waals surface area contributed by atoms with E-state index < -0.39 is 12.1 Å². The SMILES string of the molecule is CC(C)N1CCCN=C1SC1=C(O)CC(c2ccccc2)OC1=O. The van der Waals surface area contributed by atoms with Crippen LogP contribution in [0.3, 0.4) is 0 Å². The van der Waals surface area contributed by atoms with Crippen molar-refractivity contribution < 1.29 is 14.6 Å². The Bertz CT molecular complexity index is 670. The van der Waals surface area contributed by atoms with Crippen LogP contribution in [0, 0.1) is 0 Å². The van der Waals surface area contributed by atoms with Gasteiger partial charge in [0.05, 0.1) is 0 Å². The number of hydrogen-bond donors (Lipinski definition) is 1. The number of nitrogens with zero attached hydrogens (tertiary/aromatic N) is 2. The number of benzene rings is 1. The number of amidine groups is 1. The molecule has 0 fully saturated rings. The number of aliphatic hydroxyl groups excluding tert-OH is 1. The van der Waals surface area contributed by atoms with E-state index in [2.05, 4.69) is 23.7 Å². The van der Waals surface area contributed by atoms with Gasteiger partial charge in [-0.1, -0.05) is 30.3 Å². The van der Waals surface area contributed by atoms with Crippen LogP contribution in [-0.4, -0.2) is 40.3 Å². The Morgan fingerprint density at radius 2 is 2.08 bits per heavy atom. The lowest BCUT2D eigenvalue weighted by atomic mass is 10.0. The Morgan fingerprint density at radius 3 is 2.75 bits per heavy atom. The first-order valence-corrected chi connectivity index (χ1v) is 9.05. The molecule has 24 heavy (non-hydrogen) atoms. The van der Waals surface area contributed by atoms with Gasteiger partial charge in [0.15, 0.2) is 5.17 Å². The molecule has 6 heteroatoms. The number of esters is 1. The summed E-state index contributed by atoms with van der Waals surface area (Å²) in [6, 6.07) is 9.80. The average molecular weight is 346 g/mol. The topological polar surface area (TPSA) is 62.1 Å². The quantitative estimate of drug-likeness (QED) is 0.847. The number of carbonyl (C=O) groups excluding carboxylic acids is 1. The van der Waals surface area contributed by atoms with E-state index in [1.807, 2.05) is 30.3 Å². The Labute approximate surface area is 146 Å². The summed E-state index contributed by atoms with van der Waals surface area (Å²) in [5.74, 6) is -0.392. The summed E-state index contributed by atoms with van der Waals surface area (Å²) < 4.78 is 5.54. The Kier molecular flexibility index (Phi) is 5.14. The maximum atomic E-state index is 12.4. The Hall–Kier alpha value is -1.95. The minimum Gasteiger partial charge on any atom is -0.511 e. The van der Waals surface area contributed by atoms with Crippen LogP contribution in [0.4, 0.5) is 0 Å². The monoisotopic (exact) mass is 346 g/mol. The first-order valence-electron chi connectivity index (χ1n) is 8.23. The van der Waals surface area contributed by atoms with Crippen molar-refractivity contribution >= 4 is 22.9 Å². The van der Waals surface area contributed by atoms with Crippen molar-refractivity contribution in [2.75, 3.05) is 13.1 Å². The summed E-state index contributed by atoms with van der Waals surface area (Å²) in [7, 11) is 0. The summed E-state index contributed by atoms with van der Waals surface area (Å²) >= 11 is 1.22. The number of cyclic esters (lactones) is 1. The molecule has 0 saturated carbocycles. The van der Waals surface area contributed by atoms with Crippen LogP contribution in [0.5, 0.6) is 0 Å². The van der Waals surface area contributed by atoms with Crippen LogP contribution in [0.2, 0.25) is 0 Å². The van der Waals surface area contributed by atoms with Gasteiger partial charge in [-0.25, -0.2) is 4.79 Å². The third-order valence-corrected chi connectivity index (χ3v) is 5.27. The van der Waals surface area contributed by atoms with Crippen LogP contribution in [0.15, 0.2) is 46.0 Å². The largest absolute Gasteiger partial charge is 0.511 e. The van der Waals surface area contributed by atoms with Gasteiger partial charge in [0.1, 0.15) is 16.8 Å². The molecule has 0 bridgehead atoms.